The van der Waals surface area contributed by atoms with E-state index in [2.05, 4.69) is 15.0 Å². The van der Waals surface area contributed by atoms with Gasteiger partial charge in [0.05, 0.1) is 6.21 Å². The van der Waals surface area contributed by atoms with E-state index in [9.17, 15) is 5.11 Å². The summed E-state index contributed by atoms with van der Waals surface area (Å²) in [6, 6.07) is 5.43. The largest absolute Gasteiger partial charge is 0.494 e. The first-order valence-corrected chi connectivity index (χ1v) is 9.16. The second kappa shape index (κ2) is 7.11. The minimum absolute atomic E-state index is 0.0217. The molecule has 0 aliphatic rings. The van der Waals surface area contributed by atoms with Crippen molar-refractivity contribution >= 4 is 69.4 Å². The van der Waals surface area contributed by atoms with Crippen LogP contribution >= 0.6 is 58.1 Å². The summed E-state index contributed by atoms with van der Waals surface area (Å²) in [6.07, 6.45) is 3.98. The van der Waals surface area contributed by atoms with E-state index in [0.29, 0.717) is 30.4 Å². The second-order valence-electron chi connectivity index (χ2n) is 4.51. The van der Waals surface area contributed by atoms with Crippen LogP contribution in [0, 0.1) is 3.95 Å². The minimum atomic E-state index is 0.0217. The Morgan fingerprint density at radius 3 is 2.87 bits per heavy atom. The third kappa shape index (κ3) is 4.19. The zero-order valence-electron chi connectivity index (χ0n) is 11.4. The molecule has 2 aromatic heterocycles. The summed E-state index contributed by atoms with van der Waals surface area (Å²) >= 11 is 19.7. The molecule has 0 radical (unpaired) electrons. The molecule has 0 spiro atoms. The number of hydrogen-bond acceptors (Lipinski definition) is 6. The number of halogens is 2. The van der Waals surface area contributed by atoms with Crippen LogP contribution in [0.2, 0.25) is 10.0 Å². The molecule has 118 valence electrons. The predicted molar refractivity (Wildman–Crippen MR) is 99.8 cm³/mol. The van der Waals surface area contributed by atoms with Gasteiger partial charge in [0.1, 0.15) is 4.88 Å². The van der Waals surface area contributed by atoms with Gasteiger partial charge >= 0.3 is 0 Å². The topological polar surface area (TPSA) is 61.3 Å². The molecule has 0 aliphatic heterocycles. The number of H-pyrrole nitrogens is 1. The fourth-order valence-corrected chi connectivity index (χ4v) is 4.04. The van der Waals surface area contributed by atoms with Crippen LogP contribution in [0.1, 0.15) is 15.3 Å². The summed E-state index contributed by atoms with van der Waals surface area (Å²) in [5, 5.41) is 11.5. The minimum Gasteiger partial charge on any atom is -0.494 e. The fraction of sp³-hybridized carbons (Fsp3) is 0.0714. The van der Waals surface area contributed by atoms with Gasteiger partial charge in [-0.15, -0.1) is 0 Å². The molecule has 3 rings (SSSR count). The standard InChI is InChI=1S/C14H9Cl2N3OS3/c15-8-2-1-7(10(16)4-8)3-9-5-17-13(22-9)18-6-11-12(20)19-14(21)23-11/h1-2,4-6,20H,3H2,(H,19,21)/b18-6+. The molecule has 2 N–H and O–H groups in total. The lowest BCUT2D eigenvalue weighted by Crippen LogP contribution is -1.85. The second-order valence-corrected chi connectivity index (χ2v) is 8.16. The molecule has 23 heavy (non-hydrogen) atoms. The molecular weight excluding hydrogens is 393 g/mol. The first kappa shape index (κ1) is 16.6. The first-order valence-electron chi connectivity index (χ1n) is 6.36. The van der Waals surface area contributed by atoms with Crippen LogP contribution in [0.4, 0.5) is 5.13 Å². The Bertz CT molecular complexity index is 929. The number of aliphatic imine (C=N–C) groups is 1. The molecule has 2 heterocycles. The van der Waals surface area contributed by atoms with Crippen molar-refractivity contribution in [1.82, 2.24) is 9.97 Å². The van der Waals surface area contributed by atoms with Crippen LogP contribution < -0.4 is 0 Å². The zero-order chi connectivity index (χ0) is 16.4. The Labute approximate surface area is 155 Å². The number of thiazole rings is 2. The van der Waals surface area contributed by atoms with E-state index in [1.807, 2.05) is 12.1 Å². The molecule has 3 aromatic rings. The van der Waals surface area contributed by atoms with Crippen molar-refractivity contribution in [3.8, 4) is 5.88 Å². The number of aromatic hydroxyl groups is 1. The van der Waals surface area contributed by atoms with Gasteiger partial charge in [-0.2, -0.15) is 0 Å². The van der Waals surface area contributed by atoms with Crippen LogP contribution in [0.3, 0.4) is 0 Å². The molecule has 0 aliphatic carbocycles. The zero-order valence-corrected chi connectivity index (χ0v) is 15.4. The Hall–Kier alpha value is -1.25. The van der Waals surface area contributed by atoms with Crippen molar-refractivity contribution in [1.29, 1.82) is 0 Å². The maximum Gasteiger partial charge on any atom is 0.209 e. The van der Waals surface area contributed by atoms with Gasteiger partial charge in [-0.05, 0) is 29.9 Å². The van der Waals surface area contributed by atoms with Gasteiger partial charge in [-0.3, -0.25) is 0 Å². The van der Waals surface area contributed by atoms with E-state index in [4.69, 9.17) is 35.4 Å². The van der Waals surface area contributed by atoms with Gasteiger partial charge in [0.15, 0.2) is 3.95 Å². The predicted octanol–water partition coefficient (Wildman–Crippen LogP) is 5.62. The quantitative estimate of drug-likeness (QED) is 0.440. The summed E-state index contributed by atoms with van der Waals surface area (Å²) in [7, 11) is 0. The van der Waals surface area contributed by atoms with Crippen LogP contribution in [0.25, 0.3) is 0 Å². The Morgan fingerprint density at radius 1 is 1.35 bits per heavy atom. The van der Waals surface area contributed by atoms with Crippen LogP contribution in [-0.4, -0.2) is 21.3 Å². The average molecular weight is 402 g/mol. The summed E-state index contributed by atoms with van der Waals surface area (Å²) in [6.45, 7) is 0. The molecule has 0 bridgehead atoms. The molecule has 0 atom stereocenters. The van der Waals surface area contributed by atoms with Crippen LogP contribution in [0.15, 0.2) is 29.4 Å². The molecule has 0 saturated heterocycles. The van der Waals surface area contributed by atoms with E-state index in [1.54, 1.807) is 18.5 Å². The SMILES string of the molecule is Oc1[nH]c(=S)sc1/C=N/c1ncc(Cc2ccc(Cl)cc2Cl)s1. The molecular formula is C14H9Cl2N3OS3. The monoisotopic (exact) mass is 401 g/mol. The van der Waals surface area contributed by atoms with E-state index < -0.39 is 0 Å². The lowest BCUT2D eigenvalue weighted by atomic mass is 10.1. The number of aromatic nitrogens is 2. The number of rotatable bonds is 4. The Kier molecular flexibility index (Phi) is 5.13. The molecule has 0 saturated carbocycles. The maximum atomic E-state index is 9.62. The molecule has 0 amide bonds. The smallest absolute Gasteiger partial charge is 0.209 e. The number of hydrogen-bond donors (Lipinski definition) is 2. The summed E-state index contributed by atoms with van der Waals surface area (Å²) in [5.41, 5.74) is 0.983. The highest BCUT2D eigenvalue weighted by Gasteiger charge is 2.07. The van der Waals surface area contributed by atoms with Gasteiger partial charge in [-0.1, -0.05) is 51.9 Å². The molecule has 1 aromatic carbocycles. The number of nitrogens with one attached hydrogen (secondary N) is 1. The van der Waals surface area contributed by atoms with Crippen LogP contribution in [-0.2, 0) is 6.42 Å². The van der Waals surface area contributed by atoms with Gasteiger partial charge in [0.2, 0.25) is 11.0 Å². The third-order valence-corrected chi connectivity index (χ3v) is 5.52. The Morgan fingerprint density at radius 2 is 2.17 bits per heavy atom. The number of benzene rings is 1. The molecule has 0 fully saturated rings. The van der Waals surface area contributed by atoms with Gasteiger partial charge in [-0.25, -0.2) is 9.98 Å². The first-order chi connectivity index (χ1) is 11.0. The highest BCUT2D eigenvalue weighted by molar-refractivity contribution is 7.73. The summed E-state index contributed by atoms with van der Waals surface area (Å²) < 4.78 is 0.501. The third-order valence-electron chi connectivity index (χ3n) is 2.87. The molecule has 9 heteroatoms. The van der Waals surface area contributed by atoms with Crippen molar-refractivity contribution in [2.45, 2.75) is 6.42 Å². The van der Waals surface area contributed by atoms with Crippen LogP contribution in [0.5, 0.6) is 5.88 Å². The van der Waals surface area contributed by atoms with Crippen molar-refractivity contribution < 1.29 is 5.11 Å². The van der Waals surface area contributed by atoms with Gasteiger partial charge in [0, 0.05) is 27.5 Å². The number of aromatic amines is 1. The van der Waals surface area contributed by atoms with E-state index in [-0.39, 0.29) is 5.88 Å². The average Bonchev–Trinajstić information content (AvgIpc) is 3.06. The summed E-state index contributed by atoms with van der Waals surface area (Å²) in [5.74, 6) is 0.0217. The Balaban J connectivity index is 1.75. The fourth-order valence-electron chi connectivity index (χ4n) is 1.82. The van der Waals surface area contributed by atoms with Crippen molar-refractivity contribution in [3.63, 3.8) is 0 Å². The highest BCUT2D eigenvalue weighted by Crippen LogP contribution is 2.28. The lowest BCUT2D eigenvalue weighted by Gasteiger charge is -2.02. The maximum absolute atomic E-state index is 9.62. The van der Waals surface area contributed by atoms with E-state index in [1.165, 1.54) is 22.7 Å². The van der Waals surface area contributed by atoms with Crippen molar-refractivity contribution in [2.24, 2.45) is 4.99 Å². The highest BCUT2D eigenvalue weighted by atomic mass is 35.5. The van der Waals surface area contributed by atoms with E-state index in [0.717, 1.165) is 10.4 Å². The van der Waals surface area contributed by atoms with Crippen molar-refractivity contribution in [2.75, 3.05) is 0 Å². The van der Waals surface area contributed by atoms with Gasteiger partial charge < -0.3 is 10.1 Å². The summed E-state index contributed by atoms with van der Waals surface area (Å²) in [4.78, 5) is 12.8. The molecule has 4 nitrogen and oxygen atoms in total. The van der Waals surface area contributed by atoms with Gasteiger partial charge in [0.25, 0.3) is 0 Å². The van der Waals surface area contributed by atoms with Crippen molar-refractivity contribution in [3.05, 3.63) is 53.7 Å². The normalized spacial score (nSPS) is 11.4. The van der Waals surface area contributed by atoms with E-state index >= 15 is 0 Å². The lowest BCUT2D eigenvalue weighted by molar-refractivity contribution is 0.456. The molecule has 0 unspecified atom stereocenters. The number of nitrogens with zero attached hydrogens (tertiary/aromatic N) is 2.